The number of fused-ring (bicyclic) bond motifs is 1. The van der Waals surface area contributed by atoms with E-state index in [1.165, 1.54) is 10.4 Å². The second kappa shape index (κ2) is 9.77. The number of carbonyl (C=O) groups excluding carboxylic acids is 1. The summed E-state index contributed by atoms with van der Waals surface area (Å²) in [5.74, 6) is 0.869. The van der Waals surface area contributed by atoms with E-state index in [1.54, 1.807) is 26.2 Å². The van der Waals surface area contributed by atoms with Crippen LogP contribution in [0.3, 0.4) is 0 Å². The zero-order valence-electron chi connectivity index (χ0n) is 19.4. The third kappa shape index (κ3) is 4.72. The molecule has 0 saturated heterocycles. The smallest absolute Gasteiger partial charge is 0.264 e. The van der Waals surface area contributed by atoms with Crippen LogP contribution >= 0.6 is 0 Å². The molecule has 0 bridgehead atoms. The fourth-order valence-electron chi connectivity index (χ4n) is 4.16. The Bertz CT molecular complexity index is 1310. The number of methoxy groups -OCH3 is 1. The summed E-state index contributed by atoms with van der Waals surface area (Å²) in [6.45, 7) is 3.87. The van der Waals surface area contributed by atoms with Gasteiger partial charge in [-0.3, -0.25) is 9.10 Å². The fraction of sp³-hybridized carbons (Fsp3) is 0.269. The molecule has 178 valence electrons. The van der Waals surface area contributed by atoms with Crippen LogP contribution in [0.1, 0.15) is 29.7 Å². The highest BCUT2D eigenvalue weighted by atomic mass is 32.2. The summed E-state index contributed by atoms with van der Waals surface area (Å²) in [6.07, 6.45) is 0.692. The SMILES string of the molecule is COc1ccccc1[C@H](C)NC(=O)COc1ccc(S(=O)(=O)N2CCc3ccccc32)cc1C. The van der Waals surface area contributed by atoms with Gasteiger partial charge in [0.15, 0.2) is 6.61 Å². The molecular weight excluding hydrogens is 452 g/mol. The van der Waals surface area contributed by atoms with E-state index < -0.39 is 10.0 Å². The minimum Gasteiger partial charge on any atom is -0.496 e. The van der Waals surface area contributed by atoms with Crippen molar-refractivity contribution in [1.82, 2.24) is 5.32 Å². The van der Waals surface area contributed by atoms with Gasteiger partial charge in [0.1, 0.15) is 11.5 Å². The minimum absolute atomic E-state index is 0.189. The van der Waals surface area contributed by atoms with Gasteiger partial charge in [-0.05, 0) is 61.7 Å². The molecule has 4 rings (SSSR count). The monoisotopic (exact) mass is 480 g/mol. The Morgan fingerprint density at radius 3 is 2.56 bits per heavy atom. The van der Waals surface area contributed by atoms with Crippen LogP contribution in [0.4, 0.5) is 5.69 Å². The van der Waals surface area contributed by atoms with Crippen molar-refractivity contribution in [3.05, 3.63) is 83.4 Å². The maximum Gasteiger partial charge on any atom is 0.264 e. The summed E-state index contributed by atoms with van der Waals surface area (Å²) in [5, 5.41) is 2.90. The van der Waals surface area contributed by atoms with Gasteiger partial charge in [-0.1, -0.05) is 36.4 Å². The van der Waals surface area contributed by atoms with E-state index in [-0.39, 0.29) is 23.5 Å². The predicted molar refractivity (Wildman–Crippen MR) is 131 cm³/mol. The van der Waals surface area contributed by atoms with Crippen molar-refractivity contribution in [1.29, 1.82) is 0 Å². The van der Waals surface area contributed by atoms with E-state index in [9.17, 15) is 13.2 Å². The highest BCUT2D eigenvalue weighted by Crippen LogP contribution is 2.33. The lowest BCUT2D eigenvalue weighted by atomic mass is 10.1. The van der Waals surface area contributed by atoms with Crippen molar-refractivity contribution in [3.63, 3.8) is 0 Å². The zero-order valence-corrected chi connectivity index (χ0v) is 20.3. The van der Waals surface area contributed by atoms with Gasteiger partial charge in [0, 0.05) is 12.1 Å². The molecule has 1 N–H and O–H groups in total. The molecule has 1 atom stereocenters. The van der Waals surface area contributed by atoms with Gasteiger partial charge in [0.25, 0.3) is 15.9 Å². The number of hydrogen-bond donors (Lipinski definition) is 1. The molecule has 8 heteroatoms. The lowest BCUT2D eigenvalue weighted by Crippen LogP contribution is -2.31. The van der Waals surface area contributed by atoms with Crippen LogP contribution in [-0.4, -0.2) is 34.6 Å². The van der Waals surface area contributed by atoms with E-state index >= 15 is 0 Å². The molecule has 7 nitrogen and oxygen atoms in total. The first-order valence-corrected chi connectivity index (χ1v) is 12.5. The molecule has 1 amide bonds. The van der Waals surface area contributed by atoms with Crippen LogP contribution in [0.5, 0.6) is 11.5 Å². The van der Waals surface area contributed by atoms with Crippen molar-refractivity contribution in [2.75, 3.05) is 24.6 Å². The highest BCUT2D eigenvalue weighted by molar-refractivity contribution is 7.92. The molecule has 0 aromatic heterocycles. The summed E-state index contributed by atoms with van der Waals surface area (Å²) < 4.78 is 39.0. The number of sulfonamides is 1. The van der Waals surface area contributed by atoms with Gasteiger partial charge in [0.2, 0.25) is 0 Å². The molecule has 0 radical (unpaired) electrons. The first kappa shape index (κ1) is 23.6. The summed E-state index contributed by atoms with van der Waals surface area (Å²) in [4.78, 5) is 12.6. The van der Waals surface area contributed by atoms with Gasteiger partial charge in [-0.25, -0.2) is 8.42 Å². The van der Waals surface area contributed by atoms with Gasteiger partial charge in [-0.15, -0.1) is 0 Å². The van der Waals surface area contributed by atoms with Gasteiger partial charge < -0.3 is 14.8 Å². The third-order valence-electron chi connectivity index (χ3n) is 5.92. The van der Waals surface area contributed by atoms with Crippen molar-refractivity contribution in [3.8, 4) is 11.5 Å². The number of carbonyl (C=O) groups is 1. The number of aryl methyl sites for hydroxylation is 1. The first-order valence-electron chi connectivity index (χ1n) is 11.1. The Morgan fingerprint density at radius 1 is 1.06 bits per heavy atom. The maximum absolute atomic E-state index is 13.2. The molecular formula is C26H28N2O5S. The average molecular weight is 481 g/mol. The first-order chi connectivity index (χ1) is 16.3. The zero-order chi connectivity index (χ0) is 24.3. The molecule has 0 aliphatic carbocycles. The fourth-order valence-corrected chi connectivity index (χ4v) is 5.75. The number of anilines is 1. The van der Waals surface area contributed by atoms with E-state index in [0.29, 0.717) is 30.0 Å². The molecule has 1 heterocycles. The van der Waals surface area contributed by atoms with E-state index in [4.69, 9.17) is 9.47 Å². The molecule has 1 aliphatic rings. The second-order valence-corrected chi connectivity index (χ2v) is 10.1. The second-order valence-electron chi connectivity index (χ2n) is 8.20. The highest BCUT2D eigenvalue weighted by Gasteiger charge is 2.30. The molecule has 1 aliphatic heterocycles. The molecule has 3 aromatic carbocycles. The largest absolute Gasteiger partial charge is 0.496 e. The Kier molecular flexibility index (Phi) is 6.79. The molecule has 0 saturated carbocycles. The van der Waals surface area contributed by atoms with Crippen LogP contribution in [-0.2, 0) is 21.2 Å². The number of rotatable bonds is 8. The number of nitrogens with zero attached hydrogens (tertiary/aromatic N) is 1. The Hall–Kier alpha value is -3.52. The van der Waals surface area contributed by atoms with Crippen LogP contribution in [0, 0.1) is 6.92 Å². The summed E-state index contributed by atoms with van der Waals surface area (Å²) in [6, 6.07) is 19.5. The maximum atomic E-state index is 13.2. The van der Waals surface area contributed by atoms with E-state index in [0.717, 1.165) is 16.8 Å². The number of hydrogen-bond acceptors (Lipinski definition) is 5. The normalized spacial score (nSPS) is 13.8. The van der Waals surface area contributed by atoms with Crippen molar-refractivity contribution >= 4 is 21.6 Å². The van der Waals surface area contributed by atoms with Gasteiger partial charge >= 0.3 is 0 Å². The Balaban J connectivity index is 1.41. The standard InChI is InChI=1S/C26H28N2O5S/c1-18-16-21(34(30,31)28-15-14-20-8-4-6-10-23(20)28)12-13-24(18)33-17-26(29)27-19(2)22-9-5-7-11-25(22)32-3/h4-13,16,19H,14-15,17H2,1-3H3,(H,27,29)/t19-/m0/s1. The van der Waals surface area contributed by atoms with Crippen LogP contribution in [0.25, 0.3) is 0 Å². The minimum atomic E-state index is -3.69. The Labute approximate surface area is 200 Å². The topological polar surface area (TPSA) is 84.9 Å². The number of amides is 1. The molecule has 3 aromatic rings. The summed E-state index contributed by atoms with van der Waals surface area (Å²) in [5.41, 5.74) is 3.25. The van der Waals surface area contributed by atoms with Crippen molar-refractivity contribution in [2.45, 2.75) is 31.2 Å². The third-order valence-corrected chi connectivity index (χ3v) is 7.73. The van der Waals surface area contributed by atoms with Crippen LogP contribution in [0.2, 0.25) is 0 Å². The van der Waals surface area contributed by atoms with Crippen molar-refractivity contribution < 1.29 is 22.7 Å². The van der Waals surface area contributed by atoms with Crippen LogP contribution in [0.15, 0.2) is 71.6 Å². The summed E-state index contributed by atoms with van der Waals surface area (Å²) in [7, 11) is -2.10. The lowest BCUT2D eigenvalue weighted by Gasteiger charge is -2.20. The molecule has 0 unspecified atom stereocenters. The molecule has 0 fully saturated rings. The molecule has 0 spiro atoms. The van der Waals surface area contributed by atoms with Gasteiger partial charge in [0.05, 0.1) is 23.7 Å². The average Bonchev–Trinajstić information content (AvgIpc) is 3.28. The van der Waals surface area contributed by atoms with Crippen molar-refractivity contribution in [2.24, 2.45) is 0 Å². The van der Waals surface area contributed by atoms with Crippen LogP contribution < -0.4 is 19.1 Å². The number of benzene rings is 3. The van der Waals surface area contributed by atoms with Gasteiger partial charge in [-0.2, -0.15) is 0 Å². The molecule has 34 heavy (non-hydrogen) atoms. The Morgan fingerprint density at radius 2 is 1.79 bits per heavy atom. The number of ether oxygens (including phenoxy) is 2. The number of nitrogens with one attached hydrogen (secondary N) is 1. The predicted octanol–water partition coefficient (Wildman–Crippen LogP) is 4.01. The quantitative estimate of drug-likeness (QED) is 0.527. The van der Waals surface area contributed by atoms with E-state index in [1.807, 2.05) is 55.5 Å². The van der Waals surface area contributed by atoms with E-state index in [2.05, 4.69) is 5.32 Å². The summed E-state index contributed by atoms with van der Waals surface area (Å²) >= 11 is 0. The number of para-hydroxylation sites is 2. The lowest BCUT2D eigenvalue weighted by molar-refractivity contribution is -0.123.